The summed E-state index contributed by atoms with van der Waals surface area (Å²) < 4.78 is 13.2. The SMILES string of the molecule is CC1C(CSc2ccccc2C(=O)O)OC(c2ccc(-c3cccc(CNC(=O)NCc4ccccc4)c3)cc2)OC1c1ccc(CO)cc1. The zero-order valence-corrected chi connectivity index (χ0v) is 28.5. The van der Waals surface area contributed by atoms with Crippen molar-refractivity contribution in [3.8, 4) is 11.1 Å². The molecule has 1 saturated heterocycles. The highest BCUT2D eigenvalue weighted by atomic mass is 32.2. The van der Waals surface area contributed by atoms with Crippen LogP contribution in [-0.4, -0.2) is 34.1 Å². The number of thioether (sulfide) groups is 1. The number of amides is 2. The standard InChI is InChI=1S/C41H40N2O6S/c1-27-36(26-50-37-13-6-5-12-35(37)39(45)46)48-40(49-38(27)32-16-14-29(25-44)15-17-32)33-20-18-31(19-21-33)34-11-7-10-30(22-34)24-43-41(47)42-23-28-8-3-2-4-9-28/h2-22,27,36,38,40,44H,23-26H2,1H3,(H,45,46)(H2,42,43,47). The summed E-state index contributed by atoms with van der Waals surface area (Å²) in [6.07, 6.45) is -1.17. The molecule has 6 rings (SSSR count). The van der Waals surface area contributed by atoms with Gasteiger partial charge in [0.2, 0.25) is 0 Å². The number of aromatic carboxylic acids is 1. The molecular weight excluding hydrogens is 649 g/mol. The van der Waals surface area contributed by atoms with Gasteiger partial charge in [0.25, 0.3) is 0 Å². The summed E-state index contributed by atoms with van der Waals surface area (Å²) in [5, 5.41) is 25.1. The molecule has 1 heterocycles. The number of aliphatic hydroxyl groups excluding tert-OH is 1. The summed E-state index contributed by atoms with van der Waals surface area (Å²) in [6, 6.07) is 40.5. The number of carbonyl (C=O) groups is 2. The number of carboxylic acids is 1. The first-order valence-corrected chi connectivity index (χ1v) is 17.6. The second-order valence-corrected chi connectivity index (χ2v) is 13.3. The number of carboxylic acid groups (broad SMARTS) is 1. The average Bonchev–Trinajstić information content (AvgIpc) is 3.16. The summed E-state index contributed by atoms with van der Waals surface area (Å²) in [6.45, 7) is 2.91. The van der Waals surface area contributed by atoms with E-state index in [1.165, 1.54) is 11.8 Å². The van der Waals surface area contributed by atoms with Crippen molar-refractivity contribution in [2.45, 2.75) is 50.0 Å². The van der Waals surface area contributed by atoms with Crippen LogP contribution in [0.2, 0.25) is 0 Å². The lowest BCUT2D eigenvalue weighted by Crippen LogP contribution is -2.38. The minimum atomic E-state index is -0.958. The summed E-state index contributed by atoms with van der Waals surface area (Å²) >= 11 is 1.47. The second-order valence-electron chi connectivity index (χ2n) is 12.3. The van der Waals surface area contributed by atoms with Gasteiger partial charge in [0.1, 0.15) is 0 Å². The highest BCUT2D eigenvalue weighted by Crippen LogP contribution is 2.43. The lowest BCUT2D eigenvalue weighted by atomic mass is 9.91. The van der Waals surface area contributed by atoms with Crippen LogP contribution in [0.25, 0.3) is 11.1 Å². The molecule has 0 aromatic heterocycles. The molecule has 9 heteroatoms. The van der Waals surface area contributed by atoms with Gasteiger partial charge in [0, 0.05) is 35.2 Å². The van der Waals surface area contributed by atoms with Crippen LogP contribution in [-0.2, 0) is 29.2 Å². The van der Waals surface area contributed by atoms with Gasteiger partial charge in [-0.2, -0.15) is 0 Å². The Balaban J connectivity index is 1.15. The van der Waals surface area contributed by atoms with Crippen molar-refractivity contribution < 1.29 is 29.3 Å². The maximum Gasteiger partial charge on any atom is 0.336 e. The third-order valence-electron chi connectivity index (χ3n) is 8.84. The summed E-state index contributed by atoms with van der Waals surface area (Å²) in [4.78, 5) is 24.9. The van der Waals surface area contributed by atoms with E-state index in [0.29, 0.717) is 23.7 Å². The highest BCUT2D eigenvalue weighted by molar-refractivity contribution is 7.99. The fraction of sp³-hybridized carbons (Fsp3) is 0.220. The Morgan fingerprint density at radius 3 is 2.08 bits per heavy atom. The highest BCUT2D eigenvalue weighted by Gasteiger charge is 2.38. The molecule has 2 amide bonds. The number of aliphatic hydroxyl groups is 1. The van der Waals surface area contributed by atoms with Crippen molar-refractivity contribution in [1.82, 2.24) is 10.6 Å². The van der Waals surface area contributed by atoms with Gasteiger partial charge >= 0.3 is 12.0 Å². The first-order valence-electron chi connectivity index (χ1n) is 16.6. The molecule has 0 spiro atoms. The van der Waals surface area contributed by atoms with E-state index >= 15 is 0 Å². The molecule has 8 nitrogen and oxygen atoms in total. The Hall–Kier alpha value is -4.93. The van der Waals surface area contributed by atoms with Crippen molar-refractivity contribution in [1.29, 1.82) is 0 Å². The number of hydrogen-bond acceptors (Lipinski definition) is 6. The van der Waals surface area contributed by atoms with Crippen LogP contribution < -0.4 is 10.6 Å². The van der Waals surface area contributed by atoms with Gasteiger partial charge in [-0.25, -0.2) is 9.59 Å². The summed E-state index contributed by atoms with van der Waals surface area (Å²) in [5.74, 6) is -0.452. The molecule has 5 aromatic carbocycles. The van der Waals surface area contributed by atoms with Crippen LogP contribution in [0.4, 0.5) is 4.79 Å². The Kier molecular flexibility index (Phi) is 11.6. The lowest BCUT2D eigenvalue weighted by molar-refractivity contribution is -0.268. The van der Waals surface area contributed by atoms with Gasteiger partial charge in [-0.15, -0.1) is 11.8 Å². The molecule has 1 fully saturated rings. The predicted molar refractivity (Wildman–Crippen MR) is 194 cm³/mol. The van der Waals surface area contributed by atoms with E-state index in [2.05, 4.69) is 23.6 Å². The Morgan fingerprint density at radius 2 is 1.36 bits per heavy atom. The van der Waals surface area contributed by atoms with E-state index in [-0.39, 0.29) is 36.3 Å². The van der Waals surface area contributed by atoms with Crippen LogP contribution >= 0.6 is 11.8 Å². The molecule has 4 N–H and O–H groups in total. The van der Waals surface area contributed by atoms with Crippen LogP contribution in [0.5, 0.6) is 0 Å². The van der Waals surface area contributed by atoms with E-state index in [0.717, 1.165) is 38.9 Å². The van der Waals surface area contributed by atoms with Crippen molar-refractivity contribution in [2.24, 2.45) is 5.92 Å². The van der Waals surface area contributed by atoms with E-state index in [9.17, 15) is 19.8 Å². The number of benzene rings is 5. The normalized spacial score (nSPS) is 18.7. The van der Waals surface area contributed by atoms with Crippen LogP contribution in [0.15, 0.2) is 132 Å². The number of ether oxygens (including phenoxy) is 2. The molecule has 0 bridgehead atoms. The van der Waals surface area contributed by atoms with Gasteiger partial charge in [0.15, 0.2) is 6.29 Å². The second kappa shape index (κ2) is 16.7. The number of carbonyl (C=O) groups excluding carboxylic acids is 1. The molecule has 4 atom stereocenters. The Labute approximate surface area is 296 Å². The van der Waals surface area contributed by atoms with E-state index in [1.54, 1.807) is 12.1 Å². The first kappa shape index (κ1) is 34.9. The quantitative estimate of drug-likeness (QED) is 0.0979. The van der Waals surface area contributed by atoms with Crippen molar-refractivity contribution in [3.05, 3.63) is 161 Å². The average molecular weight is 689 g/mol. The number of rotatable bonds is 12. The molecule has 1 aliphatic rings. The van der Waals surface area contributed by atoms with E-state index in [1.807, 2.05) is 109 Å². The molecule has 0 radical (unpaired) electrons. The summed E-state index contributed by atoms with van der Waals surface area (Å²) in [7, 11) is 0. The fourth-order valence-electron chi connectivity index (χ4n) is 5.97. The van der Waals surface area contributed by atoms with E-state index < -0.39 is 12.3 Å². The van der Waals surface area contributed by atoms with E-state index in [4.69, 9.17) is 9.47 Å². The predicted octanol–water partition coefficient (Wildman–Crippen LogP) is 8.13. The minimum absolute atomic E-state index is 0.0354. The van der Waals surface area contributed by atoms with Gasteiger partial charge in [-0.3, -0.25) is 0 Å². The molecule has 50 heavy (non-hydrogen) atoms. The zero-order chi connectivity index (χ0) is 34.9. The van der Waals surface area contributed by atoms with Gasteiger partial charge in [0.05, 0.1) is 24.4 Å². The minimum Gasteiger partial charge on any atom is -0.478 e. The topological polar surface area (TPSA) is 117 Å². The van der Waals surface area contributed by atoms with Crippen LogP contribution in [0.3, 0.4) is 0 Å². The molecule has 5 aromatic rings. The number of nitrogens with one attached hydrogen (secondary N) is 2. The summed E-state index contributed by atoms with van der Waals surface area (Å²) in [5.41, 5.74) is 7.00. The smallest absolute Gasteiger partial charge is 0.336 e. The van der Waals surface area contributed by atoms with Crippen molar-refractivity contribution >= 4 is 23.8 Å². The third-order valence-corrected chi connectivity index (χ3v) is 10.00. The van der Waals surface area contributed by atoms with Gasteiger partial charge < -0.3 is 30.3 Å². The third kappa shape index (κ3) is 8.80. The van der Waals surface area contributed by atoms with Gasteiger partial charge in [-0.1, -0.05) is 116 Å². The monoisotopic (exact) mass is 688 g/mol. The molecule has 0 saturated carbocycles. The molecule has 1 aliphatic heterocycles. The molecular formula is C41H40N2O6S. The number of urea groups is 1. The van der Waals surface area contributed by atoms with Crippen molar-refractivity contribution in [2.75, 3.05) is 5.75 Å². The molecule has 0 aliphatic carbocycles. The van der Waals surface area contributed by atoms with Crippen molar-refractivity contribution in [3.63, 3.8) is 0 Å². The Bertz CT molecular complexity index is 1880. The maximum absolute atomic E-state index is 12.4. The Morgan fingerprint density at radius 1 is 0.700 bits per heavy atom. The van der Waals surface area contributed by atoms with Crippen LogP contribution in [0.1, 0.15) is 57.5 Å². The van der Waals surface area contributed by atoms with Crippen LogP contribution in [0, 0.1) is 5.92 Å². The first-order chi connectivity index (χ1) is 24.4. The number of hydrogen-bond donors (Lipinski definition) is 4. The largest absolute Gasteiger partial charge is 0.478 e. The van der Waals surface area contributed by atoms with Gasteiger partial charge in [-0.05, 0) is 51.6 Å². The molecule has 256 valence electrons. The fourth-order valence-corrected chi connectivity index (χ4v) is 7.18. The zero-order valence-electron chi connectivity index (χ0n) is 27.7. The lowest BCUT2D eigenvalue weighted by Gasteiger charge is -2.41. The maximum atomic E-state index is 12.4. The molecule has 4 unspecified atom stereocenters.